The Hall–Kier alpha value is -2.93. The molecule has 0 spiro atoms. The van der Waals surface area contributed by atoms with Crippen LogP contribution in [0.2, 0.25) is 0 Å². The quantitative estimate of drug-likeness (QED) is 0.614. The first-order valence-corrected chi connectivity index (χ1v) is 7.65. The van der Waals surface area contributed by atoms with Gasteiger partial charge in [-0.3, -0.25) is 9.48 Å². The standard InChI is InChI=1S/C17H17N5O2/c1-20-6-5-12(19-20)9-22-17(24)16-14(8-18-22)13-7-11(10-23)3-4-15(13)21(16)2/h3-8,23H,9-10H2,1-2H3. The third-order valence-corrected chi connectivity index (χ3v) is 4.33. The second-order valence-electron chi connectivity index (χ2n) is 5.92. The zero-order chi connectivity index (χ0) is 16.8. The molecule has 1 N–H and O–H groups in total. The van der Waals surface area contributed by atoms with Crippen LogP contribution < -0.4 is 5.56 Å². The molecular weight excluding hydrogens is 306 g/mol. The van der Waals surface area contributed by atoms with E-state index in [-0.39, 0.29) is 12.2 Å². The van der Waals surface area contributed by atoms with Crippen LogP contribution >= 0.6 is 0 Å². The zero-order valence-electron chi connectivity index (χ0n) is 13.5. The number of aliphatic hydroxyl groups excluding tert-OH is 1. The Bertz CT molecular complexity index is 1120. The molecule has 1 aromatic carbocycles. The van der Waals surface area contributed by atoms with E-state index in [4.69, 9.17) is 0 Å². The number of hydrogen-bond donors (Lipinski definition) is 1. The Kier molecular flexibility index (Phi) is 3.24. The molecule has 0 aliphatic rings. The van der Waals surface area contributed by atoms with Crippen LogP contribution in [0.4, 0.5) is 0 Å². The van der Waals surface area contributed by atoms with Crippen molar-refractivity contribution in [1.82, 2.24) is 24.1 Å². The van der Waals surface area contributed by atoms with Gasteiger partial charge in [0, 0.05) is 36.6 Å². The maximum Gasteiger partial charge on any atom is 0.291 e. The van der Waals surface area contributed by atoms with Gasteiger partial charge in [0.1, 0.15) is 5.52 Å². The van der Waals surface area contributed by atoms with Crippen molar-refractivity contribution in [2.45, 2.75) is 13.2 Å². The molecule has 7 heteroatoms. The molecule has 3 heterocycles. The van der Waals surface area contributed by atoms with Gasteiger partial charge in [0.2, 0.25) is 0 Å². The first-order chi connectivity index (χ1) is 11.6. The number of fused-ring (bicyclic) bond motifs is 3. The molecule has 7 nitrogen and oxygen atoms in total. The van der Waals surface area contributed by atoms with Crippen LogP contribution in [0, 0.1) is 0 Å². The molecule has 4 aromatic rings. The molecule has 0 saturated carbocycles. The van der Waals surface area contributed by atoms with Crippen LogP contribution in [0.5, 0.6) is 0 Å². The van der Waals surface area contributed by atoms with Crippen molar-refractivity contribution in [3.8, 4) is 0 Å². The van der Waals surface area contributed by atoms with E-state index in [0.717, 1.165) is 27.5 Å². The number of aromatic nitrogens is 5. The molecule has 0 aliphatic carbocycles. The number of aryl methyl sites for hydroxylation is 2. The number of hydrogen-bond acceptors (Lipinski definition) is 4. The molecule has 0 unspecified atom stereocenters. The molecule has 0 fully saturated rings. The van der Waals surface area contributed by atoms with E-state index in [0.29, 0.717) is 12.1 Å². The second-order valence-corrected chi connectivity index (χ2v) is 5.92. The second kappa shape index (κ2) is 5.31. The largest absolute Gasteiger partial charge is 0.392 e. The number of nitrogens with zero attached hydrogens (tertiary/aromatic N) is 5. The van der Waals surface area contributed by atoms with Gasteiger partial charge in [0.15, 0.2) is 0 Å². The Morgan fingerprint density at radius 1 is 1.17 bits per heavy atom. The average Bonchev–Trinajstić information content (AvgIpc) is 3.12. The van der Waals surface area contributed by atoms with Gasteiger partial charge in [-0.15, -0.1) is 0 Å². The highest BCUT2D eigenvalue weighted by Gasteiger charge is 2.14. The Balaban J connectivity index is 1.94. The summed E-state index contributed by atoms with van der Waals surface area (Å²) < 4.78 is 5.01. The third-order valence-electron chi connectivity index (χ3n) is 4.33. The molecule has 122 valence electrons. The summed E-state index contributed by atoms with van der Waals surface area (Å²) in [5.74, 6) is 0. The molecular formula is C17H17N5O2. The molecule has 3 aromatic heterocycles. The highest BCUT2D eigenvalue weighted by Crippen LogP contribution is 2.26. The minimum atomic E-state index is -0.151. The van der Waals surface area contributed by atoms with E-state index in [9.17, 15) is 9.90 Å². The topological polar surface area (TPSA) is 77.9 Å². The van der Waals surface area contributed by atoms with Gasteiger partial charge in [0.05, 0.1) is 25.0 Å². The molecule has 0 bridgehead atoms. The molecule has 4 rings (SSSR count). The fourth-order valence-electron chi connectivity index (χ4n) is 3.12. The summed E-state index contributed by atoms with van der Waals surface area (Å²) in [4.78, 5) is 12.9. The van der Waals surface area contributed by atoms with Crippen molar-refractivity contribution in [2.24, 2.45) is 14.1 Å². The van der Waals surface area contributed by atoms with Gasteiger partial charge >= 0.3 is 0 Å². The fraction of sp³-hybridized carbons (Fsp3) is 0.235. The van der Waals surface area contributed by atoms with Gasteiger partial charge in [-0.05, 0) is 23.8 Å². The monoisotopic (exact) mass is 323 g/mol. The van der Waals surface area contributed by atoms with Gasteiger partial charge in [-0.1, -0.05) is 6.07 Å². The summed E-state index contributed by atoms with van der Waals surface area (Å²) in [7, 11) is 3.71. The van der Waals surface area contributed by atoms with E-state index in [2.05, 4.69) is 10.2 Å². The van der Waals surface area contributed by atoms with Crippen molar-refractivity contribution >= 4 is 21.8 Å². The van der Waals surface area contributed by atoms with Crippen LogP contribution in [-0.2, 0) is 27.2 Å². The average molecular weight is 323 g/mol. The normalized spacial score (nSPS) is 11.6. The predicted octanol–water partition coefficient (Wildman–Crippen LogP) is 1.16. The Morgan fingerprint density at radius 2 is 2.00 bits per heavy atom. The van der Waals surface area contributed by atoms with Crippen molar-refractivity contribution < 1.29 is 5.11 Å². The lowest BCUT2D eigenvalue weighted by Gasteiger charge is -2.03. The van der Waals surface area contributed by atoms with Crippen molar-refractivity contribution in [3.63, 3.8) is 0 Å². The van der Waals surface area contributed by atoms with Crippen molar-refractivity contribution in [3.05, 3.63) is 58.3 Å². The van der Waals surface area contributed by atoms with Crippen LogP contribution in [0.3, 0.4) is 0 Å². The summed E-state index contributed by atoms with van der Waals surface area (Å²) in [6.07, 6.45) is 3.55. The molecule has 24 heavy (non-hydrogen) atoms. The third kappa shape index (κ3) is 2.13. The van der Waals surface area contributed by atoms with E-state index in [1.54, 1.807) is 10.9 Å². The minimum absolute atomic E-state index is 0.0313. The molecule has 0 amide bonds. The minimum Gasteiger partial charge on any atom is -0.392 e. The summed E-state index contributed by atoms with van der Waals surface area (Å²) in [6.45, 7) is 0.301. The maximum absolute atomic E-state index is 12.9. The summed E-state index contributed by atoms with van der Waals surface area (Å²) >= 11 is 0. The number of rotatable bonds is 3. The lowest BCUT2D eigenvalue weighted by atomic mass is 10.1. The van der Waals surface area contributed by atoms with E-state index in [1.165, 1.54) is 4.68 Å². The SMILES string of the molecule is Cn1ccc(Cn2ncc3c4cc(CO)ccc4n(C)c3c2=O)n1. The van der Waals surface area contributed by atoms with Crippen LogP contribution in [-0.4, -0.2) is 29.2 Å². The van der Waals surface area contributed by atoms with E-state index >= 15 is 0 Å². The first-order valence-electron chi connectivity index (χ1n) is 7.65. The first kappa shape index (κ1) is 14.6. The maximum atomic E-state index is 12.9. The van der Waals surface area contributed by atoms with Crippen molar-refractivity contribution in [1.29, 1.82) is 0 Å². The molecule has 0 saturated heterocycles. The lowest BCUT2D eigenvalue weighted by molar-refractivity contribution is 0.282. The van der Waals surface area contributed by atoms with E-state index in [1.807, 2.05) is 49.1 Å². The van der Waals surface area contributed by atoms with Crippen LogP contribution in [0.1, 0.15) is 11.3 Å². The Morgan fingerprint density at radius 3 is 2.71 bits per heavy atom. The van der Waals surface area contributed by atoms with Gasteiger partial charge in [-0.2, -0.15) is 10.2 Å². The van der Waals surface area contributed by atoms with Gasteiger partial charge in [-0.25, -0.2) is 4.68 Å². The van der Waals surface area contributed by atoms with Crippen LogP contribution in [0.25, 0.3) is 21.8 Å². The highest BCUT2D eigenvalue weighted by atomic mass is 16.3. The number of aliphatic hydroxyl groups is 1. The van der Waals surface area contributed by atoms with Crippen molar-refractivity contribution in [2.75, 3.05) is 0 Å². The fourth-order valence-corrected chi connectivity index (χ4v) is 3.12. The van der Waals surface area contributed by atoms with Gasteiger partial charge < -0.3 is 9.67 Å². The van der Waals surface area contributed by atoms with Crippen LogP contribution in [0.15, 0.2) is 41.5 Å². The predicted molar refractivity (Wildman–Crippen MR) is 90.7 cm³/mol. The zero-order valence-corrected chi connectivity index (χ0v) is 13.5. The van der Waals surface area contributed by atoms with E-state index < -0.39 is 0 Å². The molecule has 0 aliphatic heterocycles. The number of benzene rings is 1. The smallest absolute Gasteiger partial charge is 0.291 e. The lowest BCUT2D eigenvalue weighted by Crippen LogP contribution is -2.24. The van der Waals surface area contributed by atoms with Gasteiger partial charge in [0.25, 0.3) is 5.56 Å². The highest BCUT2D eigenvalue weighted by molar-refractivity contribution is 6.07. The molecule has 0 atom stereocenters. The summed E-state index contributed by atoms with van der Waals surface area (Å²) in [5.41, 5.74) is 2.99. The molecule has 0 radical (unpaired) electrons. The Labute approximate surface area is 137 Å². The summed E-state index contributed by atoms with van der Waals surface area (Å²) in [5, 5.41) is 19.7. The summed E-state index contributed by atoms with van der Waals surface area (Å²) in [6, 6.07) is 7.56.